The van der Waals surface area contributed by atoms with Gasteiger partial charge in [-0.15, -0.1) is 0 Å². The number of carboxylic acids is 1. The molecule has 2 saturated carbocycles. The monoisotopic (exact) mass is 586 g/mol. The molecule has 2 aromatic carbocycles. The zero-order valence-corrected chi connectivity index (χ0v) is 25.7. The van der Waals surface area contributed by atoms with Crippen molar-refractivity contribution in [3.63, 3.8) is 0 Å². The number of aryl methyl sites for hydroxylation is 1. The number of carbonyl (C=O) groups is 3. The Hall–Kier alpha value is -2.20. The average Bonchev–Trinajstić information content (AvgIpc) is 2.99. The van der Waals surface area contributed by atoms with Crippen LogP contribution in [0.3, 0.4) is 0 Å². The van der Waals surface area contributed by atoms with Crippen LogP contribution >= 0.6 is 11.8 Å². The number of nitrogens with zero attached hydrogens (tertiary/aromatic N) is 1. The number of carbonyl (C=O) groups excluding carboxylic acids is 2. The van der Waals surface area contributed by atoms with Crippen molar-refractivity contribution in [3.8, 4) is 11.1 Å². The fraction of sp³-hybridized carbons (Fsp3) is 0.559. The minimum absolute atomic E-state index is 0. The Kier molecular flexibility index (Phi) is 13.5. The van der Waals surface area contributed by atoms with Crippen LogP contribution in [0, 0.1) is 6.92 Å². The van der Waals surface area contributed by atoms with Gasteiger partial charge < -0.3 is 15.3 Å². The summed E-state index contributed by atoms with van der Waals surface area (Å²) in [6.45, 7) is 4.01. The Bertz CT molecular complexity index is 1190. The van der Waals surface area contributed by atoms with Gasteiger partial charge in [0.15, 0.2) is 0 Å². The van der Waals surface area contributed by atoms with E-state index < -0.39 is 17.9 Å². The van der Waals surface area contributed by atoms with Crippen LogP contribution in [0.4, 0.5) is 0 Å². The van der Waals surface area contributed by atoms with E-state index in [1.165, 1.54) is 38.5 Å². The van der Waals surface area contributed by atoms with Crippen molar-refractivity contribution in [3.05, 3.63) is 59.2 Å². The Balaban J connectivity index is 0.00000484. The van der Waals surface area contributed by atoms with Crippen molar-refractivity contribution >= 4 is 48.4 Å². The Morgan fingerprint density at radius 2 is 1.52 bits per heavy atom. The standard InChI is InChI=1S/C34H46N2O4S.Li.H/c1-23-12-10-11-17-28(23)30-22-25(18-19-29(30)32(37)35-31(34(39)40)20-21-41-3)24(2)33(38)36(26-13-6-4-7-14-26)27-15-8-5-9-16-27;;/h10-12,17-19,22,24,26-27,31H,4-9,13-16,20-21H2,1-3H3,(H,35,37)(H,39,40);;. The molecular formula is C34H47LiN2O4S. The summed E-state index contributed by atoms with van der Waals surface area (Å²) >= 11 is 1.55. The molecule has 0 heterocycles. The number of aliphatic carboxylic acids is 1. The van der Waals surface area contributed by atoms with Crippen LogP contribution in [-0.4, -0.2) is 76.8 Å². The molecule has 2 N–H and O–H groups in total. The number of amides is 2. The molecule has 0 radical (unpaired) electrons. The van der Waals surface area contributed by atoms with Gasteiger partial charge in [-0.2, -0.15) is 11.8 Å². The first-order chi connectivity index (χ1) is 19.8. The fourth-order valence-corrected chi connectivity index (χ4v) is 7.07. The molecule has 2 aliphatic rings. The quantitative estimate of drug-likeness (QED) is 0.292. The molecule has 2 atom stereocenters. The van der Waals surface area contributed by atoms with Crippen molar-refractivity contribution in [1.29, 1.82) is 0 Å². The first-order valence-electron chi connectivity index (χ1n) is 15.4. The zero-order chi connectivity index (χ0) is 29.4. The van der Waals surface area contributed by atoms with Gasteiger partial charge in [0.2, 0.25) is 5.91 Å². The first kappa shape index (κ1) is 34.3. The van der Waals surface area contributed by atoms with E-state index in [4.69, 9.17) is 0 Å². The molecule has 224 valence electrons. The predicted molar refractivity (Wildman–Crippen MR) is 175 cm³/mol. The molecule has 2 aliphatic carbocycles. The van der Waals surface area contributed by atoms with Crippen LogP contribution in [0.25, 0.3) is 11.1 Å². The van der Waals surface area contributed by atoms with Crippen LogP contribution in [0.15, 0.2) is 42.5 Å². The van der Waals surface area contributed by atoms with Crippen molar-refractivity contribution in [2.24, 2.45) is 0 Å². The van der Waals surface area contributed by atoms with E-state index in [9.17, 15) is 19.5 Å². The van der Waals surface area contributed by atoms with Gasteiger partial charge in [0.1, 0.15) is 6.04 Å². The third kappa shape index (κ3) is 8.46. The van der Waals surface area contributed by atoms with Crippen LogP contribution in [0.1, 0.15) is 105 Å². The number of hydrogen-bond donors (Lipinski definition) is 2. The van der Waals surface area contributed by atoms with Crippen LogP contribution in [0.5, 0.6) is 0 Å². The molecule has 2 aromatic rings. The van der Waals surface area contributed by atoms with Crippen molar-refractivity contribution < 1.29 is 19.5 Å². The molecule has 0 spiro atoms. The molecule has 4 rings (SSSR count). The third-order valence-corrected chi connectivity index (χ3v) is 9.64. The van der Waals surface area contributed by atoms with Gasteiger partial charge in [0.25, 0.3) is 5.91 Å². The molecule has 0 aliphatic heterocycles. The van der Waals surface area contributed by atoms with Gasteiger partial charge in [-0.1, -0.05) is 68.9 Å². The minimum atomic E-state index is -1.04. The first-order valence-corrected chi connectivity index (χ1v) is 16.8. The van der Waals surface area contributed by atoms with Gasteiger partial charge >= 0.3 is 24.8 Å². The summed E-state index contributed by atoms with van der Waals surface area (Å²) in [5.41, 5.74) is 3.97. The average molecular weight is 587 g/mol. The fourth-order valence-electron chi connectivity index (χ4n) is 6.60. The van der Waals surface area contributed by atoms with E-state index in [0.29, 0.717) is 29.8 Å². The predicted octanol–water partition coefficient (Wildman–Crippen LogP) is 6.55. The van der Waals surface area contributed by atoms with E-state index in [2.05, 4.69) is 10.2 Å². The van der Waals surface area contributed by atoms with E-state index in [1.54, 1.807) is 17.8 Å². The summed E-state index contributed by atoms with van der Waals surface area (Å²) in [6, 6.07) is 13.2. The second-order valence-corrected chi connectivity index (χ2v) is 12.8. The summed E-state index contributed by atoms with van der Waals surface area (Å²) in [5.74, 6) is -0.954. The number of benzene rings is 2. The zero-order valence-electron chi connectivity index (χ0n) is 24.9. The number of thioether (sulfide) groups is 1. The topological polar surface area (TPSA) is 86.7 Å². The summed E-state index contributed by atoms with van der Waals surface area (Å²) in [5, 5.41) is 12.5. The molecule has 2 amide bonds. The Morgan fingerprint density at radius 1 is 0.929 bits per heavy atom. The Morgan fingerprint density at radius 3 is 2.07 bits per heavy atom. The van der Waals surface area contributed by atoms with E-state index in [-0.39, 0.29) is 30.7 Å². The van der Waals surface area contributed by atoms with E-state index in [0.717, 1.165) is 47.9 Å². The van der Waals surface area contributed by atoms with Gasteiger partial charge in [-0.25, -0.2) is 4.79 Å². The second-order valence-electron chi connectivity index (χ2n) is 11.8. The normalized spacial score (nSPS) is 17.5. The maximum atomic E-state index is 14.3. The number of hydrogen-bond acceptors (Lipinski definition) is 4. The SMILES string of the molecule is CSCCC(NC(=O)c1ccc(C(C)C(=O)N(C2CCCCC2)C2CCCCC2)cc1-c1ccccc1C)C(=O)O.[LiH]. The van der Waals surface area contributed by atoms with Gasteiger partial charge in [-0.3, -0.25) is 9.59 Å². The number of nitrogens with one attached hydrogen (secondary N) is 1. The summed E-state index contributed by atoms with van der Waals surface area (Å²) < 4.78 is 0. The van der Waals surface area contributed by atoms with Crippen molar-refractivity contribution in [2.75, 3.05) is 12.0 Å². The molecule has 42 heavy (non-hydrogen) atoms. The van der Waals surface area contributed by atoms with Crippen LogP contribution in [0.2, 0.25) is 0 Å². The van der Waals surface area contributed by atoms with Crippen LogP contribution < -0.4 is 5.32 Å². The third-order valence-electron chi connectivity index (χ3n) is 9.00. The molecule has 8 heteroatoms. The molecule has 2 fully saturated rings. The second kappa shape index (κ2) is 16.6. The van der Waals surface area contributed by atoms with Gasteiger partial charge in [0, 0.05) is 17.6 Å². The molecular weight excluding hydrogens is 539 g/mol. The molecule has 0 bridgehead atoms. The van der Waals surface area contributed by atoms with E-state index in [1.807, 2.05) is 56.5 Å². The number of carboxylic acid groups (broad SMARTS) is 1. The number of rotatable bonds is 11. The molecule has 2 unspecified atom stereocenters. The van der Waals surface area contributed by atoms with Gasteiger partial charge in [0.05, 0.1) is 5.92 Å². The molecule has 0 saturated heterocycles. The summed E-state index contributed by atoms with van der Waals surface area (Å²) in [6.07, 6.45) is 13.9. The molecule has 6 nitrogen and oxygen atoms in total. The van der Waals surface area contributed by atoms with Gasteiger partial charge in [-0.05, 0) is 92.3 Å². The van der Waals surface area contributed by atoms with E-state index >= 15 is 0 Å². The van der Waals surface area contributed by atoms with Crippen LogP contribution in [-0.2, 0) is 9.59 Å². The van der Waals surface area contributed by atoms with Crippen molar-refractivity contribution in [2.45, 2.75) is 109 Å². The summed E-state index contributed by atoms with van der Waals surface area (Å²) in [4.78, 5) is 41.9. The molecule has 0 aromatic heterocycles. The summed E-state index contributed by atoms with van der Waals surface area (Å²) in [7, 11) is 0. The van der Waals surface area contributed by atoms with Crippen molar-refractivity contribution in [1.82, 2.24) is 10.2 Å². The Labute approximate surface area is 268 Å². The maximum absolute atomic E-state index is 14.3.